The lowest BCUT2D eigenvalue weighted by Crippen LogP contribution is -2.46. The molecule has 1 amide bonds. The SMILES string of the molecule is Cc1ccc(S(=O)(=O)N2CCC(NC(=O)CCOc3ccccc3)CC2)cc1C. The van der Waals surface area contributed by atoms with Gasteiger partial charge in [-0.2, -0.15) is 4.31 Å². The first kappa shape index (κ1) is 21.3. The highest BCUT2D eigenvalue weighted by molar-refractivity contribution is 7.89. The van der Waals surface area contributed by atoms with E-state index in [1.807, 2.05) is 50.2 Å². The van der Waals surface area contributed by atoms with Crippen molar-refractivity contribution in [2.75, 3.05) is 19.7 Å². The van der Waals surface area contributed by atoms with Crippen LogP contribution in [-0.4, -0.2) is 44.4 Å². The van der Waals surface area contributed by atoms with Gasteiger partial charge in [0, 0.05) is 19.1 Å². The minimum Gasteiger partial charge on any atom is -0.493 e. The molecule has 0 aliphatic carbocycles. The highest BCUT2D eigenvalue weighted by Gasteiger charge is 2.30. The fraction of sp³-hybridized carbons (Fsp3) is 0.409. The Labute approximate surface area is 172 Å². The Morgan fingerprint density at radius 2 is 1.76 bits per heavy atom. The minimum atomic E-state index is -3.50. The quantitative estimate of drug-likeness (QED) is 0.753. The van der Waals surface area contributed by atoms with Gasteiger partial charge in [0.25, 0.3) is 0 Å². The third kappa shape index (κ3) is 5.58. The smallest absolute Gasteiger partial charge is 0.243 e. The Bertz CT molecular complexity index is 937. The van der Waals surface area contributed by atoms with Crippen molar-refractivity contribution in [1.82, 2.24) is 9.62 Å². The first-order chi connectivity index (χ1) is 13.9. The fourth-order valence-corrected chi connectivity index (χ4v) is 4.90. The van der Waals surface area contributed by atoms with E-state index in [1.165, 1.54) is 4.31 Å². The Morgan fingerprint density at radius 1 is 1.07 bits per heavy atom. The molecule has 2 aromatic rings. The molecule has 1 aliphatic heterocycles. The van der Waals surface area contributed by atoms with Crippen LogP contribution in [0.2, 0.25) is 0 Å². The van der Waals surface area contributed by atoms with Crippen LogP contribution in [0, 0.1) is 13.8 Å². The number of amides is 1. The zero-order valence-electron chi connectivity index (χ0n) is 16.9. The van der Waals surface area contributed by atoms with Crippen LogP contribution in [0.15, 0.2) is 53.4 Å². The van der Waals surface area contributed by atoms with E-state index < -0.39 is 10.0 Å². The molecule has 0 radical (unpaired) electrons. The number of carbonyl (C=O) groups is 1. The highest BCUT2D eigenvalue weighted by atomic mass is 32.2. The van der Waals surface area contributed by atoms with Crippen LogP contribution in [0.1, 0.15) is 30.4 Å². The number of hydrogen-bond acceptors (Lipinski definition) is 4. The molecule has 1 N–H and O–H groups in total. The Kier molecular flexibility index (Phi) is 6.92. The summed E-state index contributed by atoms with van der Waals surface area (Å²) in [6, 6.07) is 14.6. The monoisotopic (exact) mass is 416 g/mol. The number of ether oxygens (including phenoxy) is 1. The number of nitrogens with one attached hydrogen (secondary N) is 1. The third-order valence-electron chi connectivity index (χ3n) is 5.28. The van der Waals surface area contributed by atoms with Crippen molar-refractivity contribution in [2.45, 2.75) is 44.0 Å². The van der Waals surface area contributed by atoms with E-state index in [9.17, 15) is 13.2 Å². The van der Waals surface area contributed by atoms with Crippen molar-refractivity contribution in [1.29, 1.82) is 0 Å². The molecular formula is C22H28N2O4S. The summed E-state index contributed by atoms with van der Waals surface area (Å²) in [5, 5.41) is 2.99. The van der Waals surface area contributed by atoms with Crippen molar-refractivity contribution in [3.8, 4) is 5.75 Å². The molecule has 156 valence electrons. The normalized spacial score (nSPS) is 15.8. The molecule has 0 atom stereocenters. The van der Waals surface area contributed by atoms with E-state index in [0.717, 1.165) is 16.9 Å². The summed E-state index contributed by atoms with van der Waals surface area (Å²) in [6.07, 6.45) is 1.49. The molecule has 0 saturated carbocycles. The van der Waals surface area contributed by atoms with Crippen LogP contribution in [0.25, 0.3) is 0 Å². The Morgan fingerprint density at radius 3 is 2.41 bits per heavy atom. The zero-order chi connectivity index (χ0) is 20.9. The van der Waals surface area contributed by atoms with E-state index in [2.05, 4.69) is 5.32 Å². The predicted octanol–water partition coefficient (Wildman–Crippen LogP) is 3.04. The molecular weight excluding hydrogens is 388 g/mol. The van der Waals surface area contributed by atoms with Gasteiger partial charge in [-0.15, -0.1) is 0 Å². The average molecular weight is 417 g/mol. The predicted molar refractivity (Wildman–Crippen MR) is 112 cm³/mol. The molecule has 0 aromatic heterocycles. The second-order valence-electron chi connectivity index (χ2n) is 7.40. The van der Waals surface area contributed by atoms with Gasteiger partial charge in [0.15, 0.2) is 0 Å². The number of sulfonamides is 1. The van der Waals surface area contributed by atoms with Gasteiger partial charge in [-0.25, -0.2) is 8.42 Å². The summed E-state index contributed by atoms with van der Waals surface area (Å²) >= 11 is 0. The molecule has 0 spiro atoms. The van der Waals surface area contributed by atoms with Crippen LogP contribution < -0.4 is 10.1 Å². The summed E-state index contributed by atoms with van der Waals surface area (Å²) in [4.78, 5) is 12.5. The number of rotatable bonds is 7. The number of benzene rings is 2. The lowest BCUT2D eigenvalue weighted by molar-refractivity contribution is -0.122. The molecule has 29 heavy (non-hydrogen) atoms. The summed E-state index contributed by atoms with van der Waals surface area (Å²) < 4.78 is 32.8. The van der Waals surface area contributed by atoms with Crippen LogP contribution in [-0.2, 0) is 14.8 Å². The first-order valence-corrected chi connectivity index (χ1v) is 11.3. The highest BCUT2D eigenvalue weighted by Crippen LogP contribution is 2.22. The maximum Gasteiger partial charge on any atom is 0.243 e. The van der Waals surface area contributed by atoms with E-state index in [-0.39, 0.29) is 18.4 Å². The topological polar surface area (TPSA) is 75.7 Å². The summed E-state index contributed by atoms with van der Waals surface area (Å²) in [5.41, 5.74) is 2.03. The average Bonchev–Trinajstić information content (AvgIpc) is 2.71. The van der Waals surface area contributed by atoms with Crippen molar-refractivity contribution < 1.29 is 17.9 Å². The van der Waals surface area contributed by atoms with Crippen molar-refractivity contribution >= 4 is 15.9 Å². The van der Waals surface area contributed by atoms with Crippen LogP contribution in [0.5, 0.6) is 5.75 Å². The molecule has 6 nitrogen and oxygen atoms in total. The lowest BCUT2D eigenvalue weighted by Gasteiger charge is -2.31. The number of carbonyl (C=O) groups excluding carboxylic acids is 1. The number of hydrogen-bond donors (Lipinski definition) is 1. The van der Waals surface area contributed by atoms with Gasteiger partial charge in [0.05, 0.1) is 17.9 Å². The van der Waals surface area contributed by atoms with Crippen LogP contribution >= 0.6 is 0 Å². The molecule has 1 heterocycles. The number of piperidine rings is 1. The molecule has 7 heteroatoms. The molecule has 3 rings (SSSR count). The standard InChI is InChI=1S/C22H28N2O4S/c1-17-8-9-21(16-18(17)2)29(26,27)24-13-10-19(11-14-24)23-22(25)12-15-28-20-6-4-3-5-7-20/h3-9,16,19H,10-15H2,1-2H3,(H,23,25). The van der Waals surface area contributed by atoms with Gasteiger partial charge < -0.3 is 10.1 Å². The molecule has 2 aromatic carbocycles. The largest absolute Gasteiger partial charge is 0.493 e. The maximum absolute atomic E-state index is 12.9. The van der Waals surface area contributed by atoms with Gasteiger partial charge in [0.1, 0.15) is 5.75 Å². The second kappa shape index (κ2) is 9.41. The summed E-state index contributed by atoms with van der Waals surface area (Å²) in [7, 11) is -3.50. The van der Waals surface area contributed by atoms with Gasteiger partial charge in [0.2, 0.25) is 15.9 Å². The van der Waals surface area contributed by atoms with Gasteiger partial charge in [-0.05, 0) is 62.1 Å². The van der Waals surface area contributed by atoms with Crippen molar-refractivity contribution in [2.24, 2.45) is 0 Å². The van der Waals surface area contributed by atoms with Crippen molar-refractivity contribution in [3.63, 3.8) is 0 Å². The van der Waals surface area contributed by atoms with Gasteiger partial charge >= 0.3 is 0 Å². The third-order valence-corrected chi connectivity index (χ3v) is 7.17. The first-order valence-electron chi connectivity index (χ1n) is 9.91. The maximum atomic E-state index is 12.9. The van der Waals surface area contributed by atoms with E-state index >= 15 is 0 Å². The Hall–Kier alpha value is -2.38. The summed E-state index contributed by atoms with van der Waals surface area (Å²) in [6.45, 7) is 5.00. The second-order valence-corrected chi connectivity index (χ2v) is 9.34. The van der Waals surface area contributed by atoms with Crippen molar-refractivity contribution in [3.05, 3.63) is 59.7 Å². The number of nitrogens with zero attached hydrogens (tertiary/aromatic N) is 1. The fourth-order valence-electron chi connectivity index (χ4n) is 3.34. The van der Waals surface area contributed by atoms with Crippen LogP contribution in [0.3, 0.4) is 0 Å². The zero-order valence-corrected chi connectivity index (χ0v) is 17.7. The molecule has 1 saturated heterocycles. The summed E-state index contributed by atoms with van der Waals surface area (Å²) in [5.74, 6) is 0.668. The lowest BCUT2D eigenvalue weighted by atomic mass is 10.1. The van der Waals surface area contributed by atoms with E-state index in [1.54, 1.807) is 12.1 Å². The van der Waals surface area contributed by atoms with E-state index in [4.69, 9.17) is 4.74 Å². The van der Waals surface area contributed by atoms with E-state index in [0.29, 0.717) is 37.4 Å². The van der Waals surface area contributed by atoms with Crippen LogP contribution in [0.4, 0.5) is 0 Å². The number of aryl methyl sites for hydroxylation is 2. The molecule has 1 aliphatic rings. The van der Waals surface area contributed by atoms with Gasteiger partial charge in [-0.3, -0.25) is 4.79 Å². The van der Waals surface area contributed by atoms with Gasteiger partial charge in [-0.1, -0.05) is 24.3 Å². The molecule has 0 bridgehead atoms. The number of para-hydroxylation sites is 1. The minimum absolute atomic E-state index is 0.00886. The molecule has 0 unspecified atom stereocenters. The Balaban J connectivity index is 1.46. The molecule has 1 fully saturated rings.